The van der Waals surface area contributed by atoms with Gasteiger partial charge >= 0.3 is 0 Å². The Hall–Kier alpha value is -1.85. The Labute approximate surface area is 143 Å². The molecule has 2 aromatic rings. The minimum atomic E-state index is 0.230. The number of fused-ring (bicyclic) bond motifs is 1. The van der Waals surface area contributed by atoms with Crippen LogP contribution in [0.1, 0.15) is 35.7 Å². The maximum atomic E-state index is 5.98. The van der Waals surface area contributed by atoms with Crippen LogP contribution in [0.25, 0.3) is 0 Å². The number of nitrogens with zero attached hydrogens (tertiary/aromatic N) is 2. The van der Waals surface area contributed by atoms with E-state index in [1.165, 1.54) is 11.1 Å². The van der Waals surface area contributed by atoms with Crippen molar-refractivity contribution in [1.82, 2.24) is 15.1 Å². The van der Waals surface area contributed by atoms with E-state index >= 15 is 0 Å². The van der Waals surface area contributed by atoms with Gasteiger partial charge in [-0.2, -0.15) is 5.10 Å². The van der Waals surface area contributed by atoms with Crippen molar-refractivity contribution in [3.05, 3.63) is 47.3 Å². The summed E-state index contributed by atoms with van der Waals surface area (Å²) < 4.78 is 13.6. The van der Waals surface area contributed by atoms with E-state index in [0.717, 1.165) is 57.0 Å². The van der Waals surface area contributed by atoms with Crippen LogP contribution in [0.3, 0.4) is 0 Å². The van der Waals surface area contributed by atoms with Crippen molar-refractivity contribution in [2.45, 2.75) is 44.9 Å². The fraction of sp³-hybridized carbons (Fsp3) is 0.526. The molecule has 0 radical (unpaired) electrons. The molecule has 1 atom stereocenters. The van der Waals surface area contributed by atoms with Gasteiger partial charge < -0.3 is 14.8 Å². The molecule has 3 heterocycles. The Morgan fingerprint density at radius 1 is 1.25 bits per heavy atom. The number of aromatic nitrogens is 2. The van der Waals surface area contributed by atoms with Crippen LogP contribution in [-0.2, 0) is 17.7 Å². The summed E-state index contributed by atoms with van der Waals surface area (Å²) in [6.45, 7) is 5.48. The molecular weight excluding hydrogens is 302 g/mol. The van der Waals surface area contributed by atoms with Crippen molar-refractivity contribution in [2.24, 2.45) is 0 Å². The van der Waals surface area contributed by atoms with Crippen LogP contribution in [0.5, 0.6) is 5.75 Å². The molecule has 1 aromatic carbocycles. The van der Waals surface area contributed by atoms with E-state index in [2.05, 4.69) is 41.3 Å². The molecule has 1 fully saturated rings. The Bertz CT molecular complexity index is 667. The minimum Gasteiger partial charge on any atom is -0.488 e. The summed E-state index contributed by atoms with van der Waals surface area (Å²) in [4.78, 5) is 0. The first-order chi connectivity index (χ1) is 11.8. The van der Waals surface area contributed by atoms with E-state index in [0.29, 0.717) is 6.04 Å². The van der Waals surface area contributed by atoms with E-state index in [1.807, 2.05) is 6.07 Å². The monoisotopic (exact) mass is 327 g/mol. The molecule has 4 rings (SSSR count). The van der Waals surface area contributed by atoms with E-state index in [4.69, 9.17) is 14.6 Å². The Morgan fingerprint density at radius 3 is 2.92 bits per heavy atom. The van der Waals surface area contributed by atoms with Gasteiger partial charge in [0.25, 0.3) is 0 Å². The van der Waals surface area contributed by atoms with Gasteiger partial charge in [0.05, 0.1) is 11.7 Å². The van der Waals surface area contributed by atoms with Crippen LogP contribution in [0, 0.1) is 6.92 Å². The average molecular weight is 327 g/mol. The van der Waals surface area contributed by atoms with Crippen molar-refractivity contribution in [3.8, 4) is 5.75 Å². The lowest BCUT2D eigenvalue weighted by Crippen LogP contribution is -2.29. The van der Waals surface area contributed by atoms with Crippen molar-refractivity contribution in [3.63, 3.8) is 0 Å². The van der Waals surface area contributed by atoms with Gasteiger partial charge in [-0.15, -0.1) is 0 Å². The van der Waals surface area contributed by atoms with E-state index in [9.17, 15) is 0 Å². The number of ether oxygens (including phenoxy) is 2. The zero-order valence-corrected chi connectivity index (χ0v) is 14.2. The summed E-state index contributed by atoms with van der Waals surface area (Å²) in [6, 6.07) is 8.79. The fourth-order valence-corrected chi connectivity index (χ4v) is 3.57. The van der Waals surface area contributed by atoms with Crippen LogP contribution < -0.4 is 10.1 Å². The highest BCUT2D eigenvalue weighted by molar-refractivity contribution is 5.37. The second kappa shape index (κ2) is 6.95. The first-order valence-electron chi connectivity index (χ1n) is 8.87. The minimum absolute atomic E-state index is 0.230. The van der Waals surface area contributed by atoms with Crippen LogP contribution in [0.4, 0.5) is 0 Å². The molecular formula is C19H25N3O2. The number of benzene rings is 1. The first kappa shape index (κ1) is 15.7. The Kier molecular flexibility index (Phi) is 4.54. The second-order valence-corrected chi connectivity index (χ2v) is 6.75. The van der Waals surface area contributed by atoms with E-state index < -0.39 is 0 Å². The lowest BCUT2D eigenvalue weighted by atomic mass is 10.1. The van der Waals surface area contributed by atoms with Gasteiger partial charge in [0.2, 0.25) is 0 Å². The highest BCUT2D eigenvalue weighted by atomic mass is 16.5. The number of rotatable bonds is 5. The van der Waals surface area contributed by atoms with E-state index in [1.54, 1.807) is 0 Å². The molecule has 0 saturated carbocycles. The summed E-state index contributed by atoms with van der Waals surface area (Å²) in [5, 5.41) is 8.24. The highest BCUT2D eigenvalue weighted by Crippen LogP contribution is 2.27. The number of para-hydroxylation sites is 1. The molecule has 0 aliphatic carbocycles. The lowest BCUT2D eigenvalue weighted by Gasteiger charge is -2.22. The molecule has 5 nitrogen and oxygen atoms in total. The molecule has 128 valence electrons. The van der Waals surface area contributed by atoms with Gasteiger partial charge in [-0.1, -0.05) is 18.2 Å². The predicted octanol–water partition coefficient (Wildman–Crippen LogP) is 2.64. The number of aryl methyl sites for hydroxylation is 1. The van der Waals surface area contributed by atoms with Gasteiger partial charge in [-0.3, -0.25) is 4.68 Å². The number of hydrogen-bond acceptors (Lipinski definition) is 4. The zero-order valence-electron chi connectivity index (χ0n) is 14.2. The van der Waals surface area contributed by atoms with Gasteiger partial charge in [0, 0.05) is 44.5 Å². The third kappa shape index (κ3) is 3.32. The summed E-state index contributed by atoms with van der Waals surface area (Å²) >= 11 is 0. The van der Waals surface area contributed by atoms with Gasteiger partial charge in [-0.25, -0.2) is 0 Å². The molecule has 2 aliphatic rings. The Balaban J connectivity index is 1.30. The molecule has 5 heteroatoms. The summed E-state index contributed by atoms with van der Waals surface area (Å²) in [7, 11) is 0. The first-order valence-corrected chi connectivity index (χ1v) is 8.87. The average Bonchev–Trinajstić information content (AvgIpc) is 3.19. The van der Waals surface area contributed by atoms with Crippen molar-refractivity contribution in [1.29, 1.82) is 0 Å². The normalized spacial score (nSPS) is 20.8. The van der Waals surface area contributed by atoms with Crippen LogP contribution >= 0.6 is 0 Å². The summed E-state index contributed by atoms with van der Waals surface area (Å²) in [5.74, 6) is 1.04. The quantitative estimate of drug-likeness (QED) is 0.917. The molecule has 24 heavy (non-hydrogen) atoms. The lowest BCUT2D eigenvalue weighted by molar-refractivity contribution is 0.0661. The maximum Gasteiger partial charge on any atom is 0.123 e. The molecule has 1 N–H and O–H groups in total. The van der Waals surface area contributed by atoms with E-state index in [-0.39, 0.29) is 6.10 Å². The number of hydrogen-bond donors (Lipinski definition) is 1. The zero-order chi connectivity index (χ0) is 16.4. The molecule has 0 spiro atoms. The third-order valence-electron chi connectivity index (χ3n) is 4.98. The summed E-state index contributed by atoms with van der Waals surface area (Å²) in [6.07, 6.45) is 5.53. The number of nitrogens with one attached hydrogen (secondary N) is 1. The van der Waals surface area contributed by atoms with Crippen LogP contribution in [-0.4, -0.2) is 35.6 Å². The molecule has 0 bridgehead atoms. The molecule has 0 amide bonds. The van der Waals surface area contributed by atoms with Gasteiger partial charge in [-0.05, 0) is 31.4 Å². The topological polar surface area (TPSA) is 48.3 Å². The molecule has 1 aromatic heterocycles. The fourth-order valence-electron chi connectivity index (χ4n) is 3.57. The summed E-state index contributed by atoms with van der Waals surface area (Å²) in [5.41, 5.74) is 3.70. The van der Waals surface area contributed by atoms with Gasteiger partial charge in [0.1, 0.15) is 11.9 Å². The van der Waals surface area contributed by atoms with Crippen LogP contribution in [0.2, 0.25) is 0 Å². The third-order valence-corrected chi connectivity index (χ3v) is 4.98. The standard InChI is InChI=1S/C19H25N3O2/c1-14-16(13-22(21-14)17-6-8-23-9-7-17)11-20-12-18-10-15-4-2-3-5-19(15)24-18/h2-5,13,17-18,20H,6-12H2,1H3. The maximum absolute atomic E-state index is 5.98. The second-order valence-electron chi connectivity index (χ2n) is 6.75. The molecule has 1 unspecified atom stereocenters. The smallest absolute Gasteiger partial charge is 0.123 e. The van der Waals surface area contributed by atoms with Crippen LogP contribution in [0.15, 0.2) is 30.5 Å². The van der Waals surface area contributed by atoms with Gasteiger partial charge in [0.15, 0.2) is 0 Å². The van der Waals surface area contributed by atoms with Crippen molar-refractivity contribution >= 4 is 0 Å². The largest absolute Gasteiger partial charge is 0.488 e. The predicted molar refractivity (Wildman–Crippen MR) is 92.3 cm³/mol. The molecule has 2 aliphatic heterocycles. The Morgan fingerprint density at radius 2 is 2.08 bits per heavy atom. The van der Waals surface area contributed by atoms with Crippen molar-refractivity contribution in [2.75, 3.05) is 19.8 Å². The SMILES string of the molecule is Cc1nn(C2CCOCC2)cc1CNCC1Cc2ccccc2O1. The highest BCUT2D eigenvalue weighted by Gasteiger charge is 2.22. The molecule has 1 saturated heterocycles. The van der Waals surface area contributed by atoms with Crippen molar-refractivity contribution < 1.29 is 9.47 Å².